The van der Waals surface area contributed by atoms with E-state index < -0.39 is 0 Å². The van der Waals surface area contributed by atoms with Crippen LogP contribution >= 0.6 is 0 Å². The van der Waals surface area contributed by atoms with E-state index in [0.29, 0.717) is 5.41 Å². The summed E-state index contributed by atoms with van der Waals surface area (Å²) < 4.78 is 0. The Bertz CT molecular complexity index is 152. The second-order valence-electron chi connectivity index (χ2n) is 6.06. The molecule has 0 spiro atoms. The summed E-state index contributed by atoms with van der Waals surface area (Å²) in [6.07, 6.45) is 5.77. The fourth-order valence-electron chi connectivity index (χ4n) is 3.09. The van der Waals surface area contributed by atoms with Gasteiger partial charge in [0.2, 0.25) is 0 Å². The molecule has 1 fully saturated rings. The lowest BCUT2D eigenvalue weighted by Crippen LogP contribution is -2.33. The maximum atomic E-state index is 2.42. The van der Waals surface area contributed by atoms with E-state index in [2.05, 4.69) is 34.6 Å². The third-order valence-electron chi connectivity index (χ3n) is 3.88. The van der Waals surface area contributed by atoms with E-state index in [0.717, 1.165) is 17.8 Å². The molecule has 1 rings (SSSR count). The van der Waals surface area contributed by atoms with E-state index in [4.69, 9.17) is 0 Å². The normalized spacial score (nSPS) is 36.2. The summed E-state index contributed by atoms with van der Waals surface area (Å²) in [5.41, 5.74) is 0.529. The molecule has 1 saturated carbocycles. The molecular weight excluding hydrogens is 156 g/mol. The van der Waals surface area contributed by atoms with Gasteiger partial charge < -0.3 is 0 Å². The molecule has 13 heavy (non-hydrogen) atoms. The maximum absolute atomic E-state index is 2.42. The third kappa shape index (κ3) is 2.72. The van der Waals surface area contributed by atoms with Crippen LogP contribution in [-0.4, -0.2) is 0 Å². The van der Waals surface area contributed by atoms with Crippen LogP contribution in [0.2, 0.25) is 0 Å². The molecule has 0 bridgehead atoms. The van der Waals surface area contributed by atoms with Gasteiger partial charge in [-0.05, 0) is 36.0 Å². The Balaban J connectivity index is 2.63. The molecule has 0 aliphatic heterocycles. The molecule has 0 nitrogen and oxygen atoms in total. The molecule has 0 amide bonds. The molecule has 0 aromatic carbocycles. The minimum atomic E-state index is 0.529. The quantitative estimate of drug-likeness (QED) is 0.560. The Morgan fingerprint density at radius 1 is 1.15 bits per heavy atom. The molecule has 0 heterocycles. The second kappa shape index (κ2) is 4.02. The first-order chi connectivity index (χ1) is 5.95. The van der Waals surface area contributed by atoms with Gasteiger partial charge in [-0.1, -0.05) is 47.5 Å². The maximum Gasteiger partial charge on any atom is -0.0337 e. The number of rotatable bonds is 1. The van der Waals surface area contributed by atoms with Crippen LogP contribution < -0.4 is 0 Å². The van der Waals surface area contributed by atoms with Gasteiger partial charge in [0.15, 0.2) is 0 Å². The van der Waals surface area contributed by atoms with Crippen molar-refractivity contribution in [1.82, 2.24) is 0 Å². The Kier molecular flexibility index (Phi) is 3.43. The molecule has 1 aliphatic rings. The van der Waals surface area contributed by atoms with Crippen molar-refractivity contribution in [3.63, 3.8) is 0 Å². The molecule has 3 atom stereocenters. The largest absolute Gasteiger partial charge is 0.0651 e. The molecule has 0 aromatic rings. The standard InChI is InChI=1S/C13H26/c1-6-11-9-10(2)7-8-12(11)13(3,4)5/h10-12H,6-9H2,1-5H3. The summed E-state index contributed by atoms with van der Waals surface area (Å²) >= 11 is 0. The molecule has 0 aromatic heterocycles. The summed E-state index contributed by atoms with van der Waals surface area (Å²) in [5.74, 6) is 2.93. The molecule has 0 saturated heterocycles. The van der Waals surface area contributed by atoms with Gasteiger partial charge in [-0.15, -0.1) is 0 Å². The number of hydrogen-bond donors (Lipinski definition) is 0. The van der Waals surface area contributed by atoms with E-state index in [1.807, 2.05) is 0 Å². The van der Waals surface area contributed by atoms with Gasteiger partial charge in [-0.2, -0.15) is 0 Å². The Labute approximate surface area is 84.1 Å². The zero-order valence-corrected chi connectivity index (χ0v) is 10.1. The fourth-order valence-corrected chi connectivity index (χ4v) is 3.09. The van der Waals surface area contributed by atoms with E-state index in [-0.39, 0.29) is 0 Å². The highest BCUT2D eigenvalue weighted by Gasteiger charge is 2.34. The van der Waals surface area contributed by atoms with E-state index >= 15 is 0 Å². The Morgan fingerprint density at radius 3 is 2.23 bits per heavy atom. The Hall–Kier alpha value is 0. The Morgan fingerprint density at radius 2 is 1.77 bits per heavy atom. The first-order valence-corrected chi connectivity index (χ1v) is 5.95. The van der Waals surface area contributed by atoms with Crippen LogP contribution in [0.5, 0.6) is 0 Å². The third-order valence-corrected chi connectivity index (χ3v) is 3.88. The second-order valence-corrected chi connectivity index (χ2v) is 6.06. The van der Waals surface area contributed by atoms with Crippen LogP contribution in [0.4, 0.5) is 0 Å². The zero-order chi connectivity index (χ0) is 10.1. The van der Waals surface area contributed by atoms with E-state index in [9.17, 15) is 0 Å². The van der Waals surface area contributed by atoms with Crippen LogP contribution in [0.1, 0.15) is 60.3 Å². The van der Waals surface area contributed by atoms with Crippen molar-refractivity contribution in [3.8, 4) is 0 Å². The first kappa shape index (κ1) is 11.1. The summed E-state index contributed by atoms with van der Waals surface area (Å²) in [4.78, 5) is 0. The minimum Gasteiger partial charge on any atom is -0.0651 e. The molecule has 0 radical (unpaired) electrons. The van der Waals surface area contributed by atoms with Crippen molar-refractivity contribution in [3.05, 3.63) is 0 Å². The summed E-state index contributed by atoms with van der Waals surface area (Å²) in [6, 6.07) is 0. The molecule has 0 N–H and O–H groups in total. The lowest BCUT2D eigenvalue weighted by atomic mass is 9.63. The van der Waals surface area contributed by atoms with Gasteiger partial charge in [0.25, 0.3) is 0 Å². The van der Waals surface area contributed by atoms with Crippen molar-refractivity contribution in [1.29, 1.82) is 0 Å². The van der Waals surface area contributed by atoms with Gasteiger partial charge in [0, 0.05) is 0 Å². The van der Waals surface area contributed by atoms with Crippen molar-refractivity contribution in [2.24, 2.45) is 23.2 Å². The first-order valence-electron chi connectivity index (χ1n) is 5.95. The molecule has 78 valence electrons. The monoisotopic (exact) mass is 182 g/mol. The van der Waals surface area contributed by atoms with Crippen LogP contribution in [0.3, 0.4) is 0 Å². The molecular formula is C13H26. The zero-order valence-electron chi connectivity index (χ0n) is 10.1. The van der Waals surface area contributed by atoms with E-state index in [1.165, 1.54) is 25.7 Å². The van der Waals surface area contributed by atoms with Crippen LogP contribution in [-0.2, 0) is 0 Å². The van der Waals surface area contributed by atoms with Crippen molar-refractivity contribution in [2.75, 3.05) is 0 Å². The average Bonchev–Trinajstić information content (AvgIpc) is 2.01. The van der Waals surface area contributed by atoms with Gasteiger partial charge in [0.05, 0.1) is 0 Å². The molecule has 1 aliphatic carbocycles. The summed E-state index contributed by atoms with van der Waals surface area (Å²) in [6.45, 7) is 12.0. The van der Waals surface area contributed by atoms with Gasteiger partial charge in [-0.25, -0.2) is 0 Å². The van der Waals surface area contributed by atoms with Crippen molar-refractivity contribution >= 4 is 0 Å². The number of hydrogen-bond acceptors (Lipinski definition) is 0. The van der Waals surface area contributed by atoms with Gasteiger partial charge in [0.1, 0.15) is 0 Å². The summed E-state index contributed by atoms with van der Waals surface area (Å²) in [7, 11) is 0. The lowest BCUT2D eigenvalue weighted by Gasteiger charge is -2.42. The summed E-state index contributed by atoms with van der Waals surface area (Å²) in [5, 5.41) is 0. The topological polar surface area (TPSA) is 0 Å². The molecule has 0 heteroatoms. The van der Waals surface area contributed by atoms with E-state index in [1.54, 1.807) is 0 Å². The fraction of sp³-hybridized carbons (Fsp3) is 1.00. The smallest absolute Gasteiger partial charge is 0.0337 e. The van der Waals surface area contributed by atoms with Crippen molar-refractivity contribution < 1.29 is 0 Å². The highest BCUT2D eigenvalue weighted by molar-refractivity contribution is 4.85. The van der Waals surface area contributed by atoms with Gasteiger partial charge >= 0.3 is 0 Å². The lowest BCUT2D eigenvalue weighted by molar-refractivity contribution is 0.0817. The van der Waals surface area contributed by atoms with Crippen LogP contribution in [0, 0.1) is 23.2 Å². The van der Waals surface area contributed by atoms with Gasteiger partial charge in [-0.3, -0.25) is 0 Å². The van der Waals surface area contributed by atoms with Crippen LogP contribution in [0.15, 0.2) is 0 Å². The predicted molar refractivity (Wildman–Crippen MR) is 59.7 cm³/mol. The van der Waals surface area contributed by atoms with Crippen molar-refractivity contribution in [2.45, 2.75) is 60.3 Å². The average molecular weight is 182 g/mol. The predicted octanol–water partition coefficient (Wildman–Crippen LogP) is 4.49. The molecule has 3 unspecified atom stereocenters. The highest BCUT2D eigenvalue weighted by atomic mass is 14.4. The SMILES string of the molecule is CCC1CC(C)CCC1C(C)(C)C. The highest BCUT2D eigenvalue weighted by Crippen LogP contribution is 2.44. The minimum absolute atomic E-state index is 0.529. The van der Waals surface area contributed by atoms with Crippen LogP contribution in [0.25, 0.3) is 0 Å².